The summed E-state index contributed by atoms with van der Waals surface area (Å²) in [6.07, 6.45) is 0. The highest BCUT2D eigenvalue weighted by Crippen LogP contribution is 2.31. The standard InChI is InChI=1S/C19H20N2O4/c1-13-3-6-15(7-4-13)20-18(22)12-21(2)19(23)14-5-8-16-17(11-14)25-10-9-24-16/h3-8,11H,9-10,12H2,1-2H3,(H,20,22). The van der Waals surface area contributed by atoms with Crippen molar-refractivity contribution in [2.45, 2.75) is 6.92 Å². The summed E-state index contributed by atoms with van der Waals surface area (Å²) in [6, 6.07) is 12.5. The molecule has 0 atom stereocenters. The fourth-order valence-electron chi connectivity index (χ4n) is 2.52. The van der Waals surface area contributed by atoms with Crippen LogP contribution in [-0.2, 0) is 4.79 Å². The van der Waals surface area contributed by atoms with Crippen molar-refractivity contribution in [2.24, 2.45) is 0 Å². The summed E-state index contributed by atoms with van der Waals surface area (Å²) in [5.74, 6) is 0.672. The van der Waals surface area contributed by atoms with Crippen molar-refractivity contribution in [3.8, 4) is 11.5 Å². The lowest BCUT2D eigenvalue weighted by Crippen LogP contribution is -2.35. The average Bonchev–Trinajstić information content (AvgIpc) is 2.62. The van der Waals surface area contributed by atoms with Crippen molar-refractivity contribution in [1.29, 1.82) is 0 Å². The highest BCUT2D eigenvalue weighted by atomic mass is 16.6. The molecule has 1 aliphatic heterocycles. The van der Waals surface area contributed by atoms with Crippen LogP contribution in [0.5, 0.6) is 11.5 Å². The molecule has 2 aromatic rings. The fourth-order valence-corrected chi connectivity index (χ4v) is 2.52. The minimum Gasteiger partial charge on any atom is -0.486 e. The second-order valence-corrected chi connectivity index (χ2v) is 5.93. The number of amides is 2. The van der Waals surface area contributed by atoms with Gasteiger partial charge in [0.2, 0.25) is 5.91 Å². The van der Waals surface area contributed by atoms with Gasteiger partial charge in [0.05, 0.1) is 6.54 Å². The zero-order valence-corrected chi connectivity index (χ0v) is 14.2. The van der Waals surface area contributed by atoms with Gasteiger partial charge in [-0.05, 0) is 37.3 Å². The number of carbonyl (C=O) groups is 2. The molecule has 0 saturated carbocycles. The minimum absolute atomic E-state index is 0.0405. The summed E-state index contributed by atoms with van der Waals surface area (Å²) in [7, 11) is 1.59. The third kappa shape index (κ3) is 4.09. The number of rotatable bonds is 4. The molecule has 1 aliphatic rings. The minimum atomic E-state index is -0.254. The van der Waals surface area contributed by atoms with Crippen LogP contribution in [0.25, 0.3) is 0 Å². The van der Waals surface area contributed by atoms with Crippen LogP contribution in [0.4, 0.5) is 5.69 Å². The van der Waals surface area contributed by atoms with E-state index in [1.165, 1.54) is 4.90 Å². The van der Waals surface area contributed by atoms with E-state index >= 15 is 0 Å². The number of carbonyl (C=O) groups excluding carboxylic acids is 2. The van der Waals surface area contributed by atoms with Gasteiger partial charge < -0.3 is 19.7 Å². The van der Waals surface area contributed by atoms with E-state index in [9.17, 15) is 9.59 Å². The average molecular weight is 340 g/mol. The van der Waals surface area contributed by atoms with Gasteiger partial charge in [0.1, 0.15) is 13.2 Å². The van der Waals surface area contributed by atoms with Crippen molar-refractivity contribution in [3.05, 3.63) is 53.6 Å². The Hall–Kier alpha value is -3.02. The molecule has 2 aromatic carbocycles. The quantitative estimate of drug-likeness (QED) is 0.928. The molecule has 25 heavy (non-hydrogen) atoms. The number of nitrogens with zero attached hydrogens (tertiary/aromatic N) is 1. The molecule has 0 aromatic heterocycles. The van der Waals surface area contributed by atoms with Gasteiger partial charge in [0.15, 0.2) is 11.5 Å². The van der Waals surface area contributed by atoms with E-state index in [1.807, 2.05) is 31.2 Å². The molecule has 1 N–H and O–H groups in total. The summed E-state index contributed by atoms with van der Waals surface area (Å²) in [4.78, 5) is 26.0. The van der Waals surface area contributed by atoms with Crippen LogP contribution in [0.3, 0.4) is 0 Å². The van der Waals surface area contributed by atoms with Crippen molar-refractivity contribution in [3.63, 3.8) is 0 Å². The maximum atomic E-state index is 12.5. The molecule has 0 aliphatic carbocycles. The van der Waals surface area contributed by atoms with Gasteiger partial charge in [-0.25, -0.2) is 0 Å². The first-order valence-electron chi connectivity index (χ1n) is 8.04. The van der Waals surface area contributed by atoms with E-state index in [-0.39, 0.29) is 18.4 Å². The molecule has 0 saturated heterocycles. The zero-order chi connectivity index (χ0) is 17.8. The molecule has 6 nitrogen and oxygen atoms in total. The Kier molecular flexibility index (Phi) is 4.88. The second-order valence-electron chi connectivity index (χ2n) is 5.93. The monoisotopic (exact) mass is 340 g/mol. The lowest BCUT2D eigenvalue weighted by molar-refractivity contribution is -0.116. The van der Waals surface area contributed by atoms with E-state index in [1.54, 1.807) is 25.2 Å². The van der Waals surface area contributed by atoms with Crippen LogP contribution in [0, 0.1) is 6.92 Å². The molecular weight excluding hydrogens is 320 g/mol. The molecule has 2 amide bonds. The van der Waals surface area contributed by atoms with E-state index in [2.05, 4.69) is 5.32 Å². The molecule has 3 rings (SSSR count). The maximum Gasteiger partial charge on any atom is 0.254 e. The summed E-state index contributed by atoms with van der Waals surface area (Å²) >= 11 is 0. The van der Waals surface area contributed by atoms with Gasteiger partial charge in [0, 0.05) is 18.3 Å². The predicted molar refractivity (Wildman–Crippen MR) is 94.2 cm³/mol. The first-order chi connectivity index (χ1) is 12.0. The van der Waals surface area contributed by atoms with E-state index in [4.69, 9.17) is 9.47 Å². The number of hydrogen-bond acceptors (Lipinski definition) is 4. The van der Waals surface area contributed by atoms with Crippen molar-refractivity contribution in [2.75, 3.05) is 32.1 Å². The molecule has 0 radical (unpaired) electrons. The Balaban J connectivity index is 1.62. The first-order valence-corrected chi connectivity index (χ1v) is 8.04. The van der Waals surface area contributed by atoms with Crippen LogP contribution in [0.15, 0.2) is 42.5 Å². The molecule has 1 heterocycles. The second kappa shape index (κ2) is 7.25. The van der Waals surface area contributed by atoms with Crippen molar-refractivity contribution >= 4 is 17.5 Å². The molecule has 130 valence electrons. The van der Waals surface area contributed by atoms with Crippen molar-refractivity contribution in [1.82, 2.24) is 4.90 Å². The number of nitrogens with one attached hydrogen (secondary N) is 1. The predicted octanol–water partition coefficient (Wildman–Crippen LogP) is 2.48. The van der Waals surface area contributed by atoms with Gasteiger partial charge >= 0.3 is 0 Å². The van der Waals surface area contributed by atoms with Gasteiger partial charge in [-0.1, -0.05) is 17.7 Å². The SMILES string of the molecule is Cc1ccc(NC(=O)CN(C)C(=O)c2ccc3c(c2)OCCO3)cc1. The highest BCUT2D eigenvalue weighted by molar-refractivity contribution is 5.99. The number of likely N-dealkylation sites (N-methyl/N-ethyl adjacent to an activating group) is 1. The number of hydrogen-bond donors (Lipinski definition) is 1. The summed E-state index contributed by atoms with van der Waals surface area (Å²) in [5, 5.41) is 2.78. The van der Waals surface area contributed by atoms with Crippen LogP contribution >= 0.6 is 0 Å². The van der Waals surface area contributed by atoms with Crippen molar-refractivity contribution < 1.29 is 19.1 Å². The third-order valence-electron chi connectivity index (χ3n) is 3.85. The third-order valence-corrected chi connectivity index (χ3v) is 3.85. The van der Waals surface area contributed by atoms with Gasteiger partial charge in [-0.15, -0.1) is 0 Å². The van der Waals surface area contributed by atoms with E-state index in [0.29, 0.717) is 36.0 Å². The molecule has 0 unspecified atom stereocenters. The summed E-state index contributed by atoms with van der Waals surface area (Å²) in [5.41, 5.74) is 2.27. The number of anilines is 1. The fraction of sp³-hybridized carbons (Fsp3) is 0.263. The highest BCUT2D eigenvalue weighted by Gasteiger charge is 2.19. The molecule has 0 bridgehead atoms. The topological polar surface area (TPSA) is 67.9 Å². The maximum absolute atomic E-state index is 12.5. The van der Waals surface area contributed by atoms with Crippen LogP contribution in [0.2, 0.25) is 0 Å². The number of ether oxygens (including phenoxy) is 2. The molecule has 0 fully saturated rings. The van der Waals surface area contributed by atoms with Crippen LogP contribution < -0.4 is 14.8 Å². The Morgan fingerprint density at radius 1 is 1.04 bits per heavy atom. The number of benzene rings is 2. The largest absolute Gasteiger partial charge is 0.486 e. The van der Waals surface area contributed by atoms with Gasteiger partial charge in [0.25, 0.3) is 5.91 Å². The lowest BCUT2D eigenvalue weighted by atomic mass is 10.1. The Labute approximate surface area is 146 Å². The lowest BCUT2D eigenvalue weighted by Gasteiger charge is -2.20. The number of aryl methyl sites for hydroxylation is 1. The van der Waals surface area contributed by atoms with E-state index < -0.39 is 0 Å². The summed E-state index contributed by atoms with van der Waals surface area (Å²) < 4.78 is 10.9. The summed E-state index contributed by atoms with van der Waals surface area (Å²) in [6.45, 7) is 2.89. The molecule has 0 spiro atoms. The van der Waals surface area contributed by atoms with Crippen LogP contribution in [-0.4, -0.2) is 43.5 Å². The van der Waals surface area contributed by atoms with Gasteiger partial charge in [-0.3, -0.25) is 9.59 Å². The normalized spacial score (nSPS) is 12.4. The van der Waals surface area contributed by atoms with E-state index in [0.717, 1.165) is 5.56 Å². The molecular formula is C19H20N2O4. The zero-order valence-electron chi connectivity index (χ0n) is 14.2. The number of fused-ring (bicyclic) bond motifs is 1. The Morgan fingerprint density at radius 3 is 2.44 bits per heavy atom. The Morgan fingerprint density at radius 2 is 1.72 bits per heavy atom. The Bertz CT molecular complexity index is 787. The van der Waals surface area contributed by atoms with Gasteiger partial charge in [-0.2, -0.15) is 0 Å². The first kappa shape index (κ1) is 16.8. The molecule has 6 heteroatoms. The van der Waals surface area contributed by atoms with Crippen LogP contribution in [0.1, 0.15) is 15.9 Å². The smallest absolute Gasteiger partial charge is 0.254 e.